The second-order valence-electron chi connectivity index (χ2n) is 8.03. The highest BCUT2D eigenvalue weighted by Crippen LogP contribution is 2.35. The van der Waals surface area contributed by atoms with Crippen LogP contribution >= 0.6 is 27.5 Å². The van der Waals surface area contributed by atoms with Gasteiger partial charge < -0.3 is 30.5 Å². The van der Waals surface area contributed by atoms with E-state index in [4.69, 9.17) is 16.3 Å². The van der Waals surface area contributed by atoms with Crippen LogP contribution in [0.2, 0.25) is 5.02 Å². The van der Waals surface area contributed by atoms with Gasteiger partial charge in [-0.15, -0.1) is 0 Å². The van der Waals surface area contributed by atoms with Gasteiger partial charge in [-0.2, -0.15) is 10.4 Å². The minimum absolute atomic E-state index is 0.0417. The lowest BCUT2D eigenvalue weighted by Crippen LogP contribution is -2.59. The summed E-state index contributed by atoms with van der Waals surface area (Å²) in [5, 5.41) is 57.4. The lowest BCUT2D eigenvalue weighted by Gasteiger charge is -2.40. The number of halogens is 2. The fourth-order valence-electron chi connectivity index (χ4n) is 3.59. The van der Waals surface area contributed by atoms with Gasteiger partial charge in [-0.1, -0.05) is 25.4 Å². The molecule has 1 aromatic heterocycles. The average Bonchev–Trinajstić information content (AvgIpc) is 3.14. The number of carbonyl (C=O) groups is 2. The maximum atomic E-state index is 12.6. The number of carboxylic acid groups (broad SMARTS) is 1. The molecule has 1 aromatic carbocycles. The number of aliphatic hydroxyl groups is 3. The molecule has 0 saturated carbocycles. The summed E-state index contributed by atoms with van der Waals surface area (Å²) in [6.07, 6.45) is -3.82. The van der Waals surface area contributed by atoms with Gasteiger partial charge in [0.2, 0.25) is 11.7 Å². The van der Waals surface area contributed by atoms with Crippen LogP contribution < -0.4 is 5.32 Å². The molecule has 0 bridgehead atoms. The van der Waals surface area contributed by atoms with Gasteiger partial charge in [0.1, 0.15) is 30.1 Å². The molecule has 1 amide bonds. The topological polar surface area (TPSA) is 178 Å². The van der Waals surface area contributed by atoms with E-state index in [0.29, 0.717) is 20.4 Å². The van der Waals surface area contributed by atoms with Crippen molar-refractivity contribution in [3.05, 3.63) is 39.2 Å². The predicted octanol–water partition coefficient (Wildman–Crippen LogP) is 1.09. The average molecular weight is 558 g/mol. The molecule has 0 fully saturated rings. The van der Waals surface area contributed by atoms with Crippen molar-refractivity contribution in [1.29, 1.82) is 5.26 Å². The first-order chi connectivity index (χ1) is 16.0. The standard InChI is InChI=1S/C21H22BrClN4O7/c1-8(2)20(31)25-17-13(5-16(21(32)33)34-19(17)18(30)15(29)7-28)27-14(6-24)9-3-10(22)11(23)4-12(9)26-27/h3-5,8,13,15,17-19,28-30H,7H2,1-2H3,(H,25,31)(H,32,33)/t13-,15+,17+,18+,19+/m0/s1. The minimum Gasteiger partial charge on any atom is -0.478 e. The monoisotopic (exact) mass is 556 g/mol. The summed E-state index contributed by atoms with van der Waals surface area (Å²) in [7, 11) is 0. The van der Waals surface area contributed by atoms with Crippen LogP contribution in [0.5, 0.6) is 0 Å². The molecule has 0 radical (unpaired) electrons. The van der Waals surface area contributed by atoms with E-state index in [9.17, 15) is 35.3 Å². The van der Waals surface area contributed by atoms with E-state index in [2.05, 4.69) is 26.3 Å². The lowest BCUT2D eigenvalue weighted by molar-refractivity contribution is -0.147. The quantitative estimate of drug-likeness (QED) is 0.333. The van der Waals surface area contributed by atoms with Gasteiger partial charge >= 0.3 is 5.97 Å². The fraction of sp³-hybridized carbons (Fsp3) is 0.429. The summed E-state index contributed by atoms with van der Waals surface area (Å²) in [5.41, 5.74) is 0.378. The summed E-state index contributed by atoms with van der Waals surface area (Å²) in [6.45, 7) is 2.41. The number of nitriles is 1. The summed E-state index contributed by atoms with van der Waals surface area (Å²) >= 11 is 9.46. The zero-order chi connectivity index (χ0) is 25.3. The number of hydrogen-bond donors (Lipinski definition) is 5. The van der Waals surface area contributed by atoms with Crippen LogP contribution in [0.3, 0.4) is 0 Å². The van der Waals surface area contributed by atoms with E-state index in [0.717, 1.165) is 6.08 Å². The second-order valence-corrected chi connectivity index (χ2v) is 9.29. The van der Waals surface area contributed by atoms with E-state index in [1.807, 2.05) is 6.07 Å². The summed E-state index contributed by atoms with van der Waals surface area (Å²) in [5.74, 6) is -3.01. The van der Waals surface area contributed by atoms with Gasteiger partial charge in [0.15, 0.2) is 0 Å². The normalized spacial score (nSPS) is 22.0. The van der Waals surface area contributed by atoms with Gasteiger partial charge in [-0.05, 0) is 34.1 Å². The number of fused-ring (bicyclic) bond motifs is 1. The number of nitrogens with one attached hydrogen (secondary N) is 1. The molecule has 0 saturated heterocycles. The van der Waals surface area contributed by atoms with Crippen molar-refractivity contribution in [1.82, 2.24) is 15.1 Å². The number of aliphatic hydroxyl groups excluding tert-OH is 3. The molecule has 11 nitrogen and oxygen atoms in total. The van der Waals surface area contributed by atoms with E-state index in [-0.39, 0.29) is 5.69 Å². The number of nitrogens with zero attached hydrogens (tertiary/aromatic N) is 3. The molecule has 2 heterocycles. The Hall–Kier alpha value is -2.69. The van der Waals surface area contributed by atoms with Crippen molar-refractivity contribution < 1.29 is 34.8 Å². The summed E-state index contributed by atoms with van der Waals surface area (Å²) in [6, 6.07) is 2.85. The van der Waals surface area contributed by atoms with Crippen LogP contribution in [0, 0.1) is 17.2 Å². The Bertz CT molecular complexity index is 1190. The van der Waals surface area contributed by atoms with E-state index < -0.39 is 60.6 Å². The Labute approximate surface area is 207 Å². The van der Waals surface area contributed by atoms with E-state index >= 15 is 0 Å². The van der Waals surface area contributed by atoms with E-state index in [1.165, 1.54) is 10.7 Å². The van der Waals surface area contributed by atoms with Crippen molar-refractivity contribution in [3.8, 4) is 6.07 Å². The molecule has 34 heavy (non-hydrogen) atoms. The SMILES string of the molecule is CC(C)C(=O)N[C@H]1[C@H]([C@H](O)[C@H](O)CO)OC(C(=O)O)=C[C@@H]1n1nc2cc(Cl)c(Br)cc2c1C#N. The number of ether oxygens (including phenoxy) is 1. The molecule has 13 heteroatoms. The fourth-order valence-corrected chi connectivity index (χ4v) is 4.09. The van der Waals surface area contributed by atoms with Crippen molar-refractivity contribution in [2.24, 2.45) is 5.92 Å². The molecule has 1 aliphatic heterocycles. The highest BCUT2D eigenvalue weighted by atomic mass is 79.9. The Morgan fingerprint density at radius 3 is 2.62 bits per heavy atom. The molecule has 5 atom stereocenters. The molecule has 5 N–H and O–H groups in total. The smallest absolute Gasteiger partial charge is 0.370 e. The second kappa shape index (κ2) is 10.3. The van der Waals surface area contributed by atoms with Crippen LogP contribution in [-0.2, 0) is 14.3 Å². The highest BCUT2D eigenvalue weighted by Gasteiger charge is 2.45. The lowest BCUT2D eigenvalue weighted by atomic mass is 9.91. The number of carbonyl (C=O) groups excluding carboxylic acids is 1. The third-order valence-electron chi connectivity index (χ3n) is 5.40. The van der Waals surface area contributed by atoms with Gasteiger partial charge in [0.25, 0.3) is 0 Å². The first-order valence-electron chi connectivity index (χ1n) is 10.2. The predicted molar refractivity (Wildman–Crippen MR) is 123 cm³/mol. The zero-order valence-electron chi connectivity index (χ0n) is 18.0. The molecular weight excluding hydrogens is 536 g/mol. The molecule has 0 spiro atoms. The number of aliphatic carboxylic acids is 1. The maximum Gasteiger partial charge on any atom is 0.370 e. The van der Waals surface area contributed by atoms with Crippen LogP contribution in [0.25, 0.3) is 10.9 Å². The Morgan fingerprint density at radius 2 is 2.06 bits per heavy atom. The largest absolute Gasteiger partial charge is 0.478 e. The van der Waals surface area contributed by atoms with Crippen molar-refractivity contribution in [2.75, 3.05) is 6.61 Å². The molecule has 0 unspecified atom stereocenters. The van der Waals surface area contributed by atoms with Crippen LogP contribution in [0.4, 0.5) is 0 Å². The Balaban J connectivity index is 2.25. The molecule has 2 aromatic rings. The van der Waals surface area contributed by atoms with E-state index in [1.54, 1.807) is 19.9 Å². The molecule has 3 rings (SSSR count). The third kappa shape index (κ3) is 4.89. The number of hydrogen-bond acceptors (Lipinski definition) is 8. The maximum absolute atomic E-state index is 12.6. The first kappa shape index (κ1) is 25.9. The molecule has 1 aliphatic rings. The van der Waals surface area contributed by atoms with Crippen molar-refractivity contribution in [2.45, 2.75) is 44.2 Å². The first-order valence-corrected chi connectivity index (χ1v) is 11.3. The summed E-state index contributed by atoms with van der Waals surface area (Å²) < 4.78 is 7.16. The number of aromatic nitrogens is 2. The van der Waals surface area contributed by atoms with Gasteiger partial charge in [-0.3, -0.25) is 4.79 Å². The Morgan fingerprint density at radius 1 is 1.38 bits per heavy atom. The van der Waals surface area contributed by atoms with Gasteiger partial charge in [0.05, 0.1) is 29.2 Å². The van der Waals surface area contributed by atoms with Gasteiger partial charge in [0, 0.05) is 15.8 Å². The number of carboxylic acids is 1. The van der Waals surface area contributed by atoms with Crippen LogP contribution in [0.15, 0.2) is 28.4 Å². The molecular formula is C21H22BrClN4O7. The number of benzene rings is 1. The molecule has 0 aliphatic carbocycles. The molecule has 182 valence electrons. The minimum atomic E-state index is -1.79. The third-order valence-corrected chi connectivity index (χ3v) is 6.59. The highest BCUT2D eigenvalue weighted by molar-refractivity contribution is 9.10. The van der Waals surface area contributed by atoms with Crippen LogP contribution in [0.1, 0.15) is 25.6 Å². The number of rotatable bonds is 7. The number of amides is 1. The zero-order valence-corrected chi connectivity index (χ0v) is 20.4. The van der Waals surface area contributed by atoms with Crippen molar-refractivity contribution >= 4 is 50.3 Å². The van der Waals surface area contributed by atoms with Gasteiger partial charge in [-0.25, -0.2) is 9.48 Å². The van der Waals surface area contributed by atoms with Crippen molar-refractivity contribution in [3.63, 3.8) is 0 Å². The summed E-state index contributed by atoms with van der Waals surface area (Å²) in [4.78, 5) is 24.4. The Kier molecular flexibility index (Phi) is 7.84. The van der Waals surface area contributed by atoms with Crippen LogP contribution in [-0.4, -0.2) is 73.0 Å².